The standard InChI is InChI=1S/C36H30F4N6O4/c1-2-23-26(37)7-4-19-10-22(47)11-24(28(19)23)29-27(46(48)49)12-25-31(30(29)38)42-33(43-32(25)44-13-20-5-6-21(14-44)41-20)50-18-35-8-3-9-45(35)17-34(15-35)16-36(34,39)40/h1,3-4,7-8,10-12,20-21,41,47H,5-6,9,13-18H2/t20-,21+,34-,35+/m0/s1. The minimum absolute atomic E-state index is 0.00957. The number of phenols is 1. The first-order chi connectivity index (χ1) is 23.9. The largest absolute Gasteiger partial charge is 0.508 e. The summed E-state index contributed by atoms with van der Waals surface area (Å²) in [6, 6.07) is 6.09. The van der Waals surface area contributed by atoms with Crippen LogP contribution in [0.3, 0.4) is 0 Å². The third-order valence-electron chi connectivity index (χ3n) is 11.2. The molecule has 0 unspecified atom stereocenters. The van der Waals surface area contributed by atoms with Crippen LogP contribution in [0.5, 0.6) is 11.8 Å². The van der Waals surface area contributed by atoms with Gasteiger partial charge in [-0.25, -0.2) is 17.6 Å². The maximum absolute atomic E-state index is 17.2. The molecule has 256 valence electrons. The average Bonchev–Trinajstić information content (AvgIpc) is 3.40. The minimum atomic E-state index is -2.75. The van der Waals surface area contributed by atoms with E-state index in [9.17, 15) is 28.4 Å². The Morgan fingerprint density at radius 2 is 1.90 bits per heavy atom. The molecule has 2 N–H and O–H groups in total. The summed E-state index contributed by atoms with van der Waals surface area (Å²) in [5.41, 5.74) is -3.86. The fourth-order valence-corrected chi connectivity index (χ4v) is 8.83. The van der Waals surface area contributed by atoms with Crippen molar-refractivity contribution in [2.45, 2.75) is 49.2 Å². The van der Waals surface area contributed by atoms with E-state index in [1.54, 1.807) is 0 Å². The van der Waals surface area contributed by atoms with E-state index in [1.807, 2.05) is 22.0 Å². The van der Waals surface area contributed by atoms with Crippen LogP contribution in [0.25, 0.3) is 32.8 Å². The molecule has 9 rings (SSSR count). The fourth-order valence-electron chi connectivity index (χ4n) is 8.83. The predicted octanol–water partition coefficient (Wildman–Crippen LogP) is 5.68. The zero-order valence-corrected chi connectivity index (χ0v) is 26.6. The van der Waals surface area contributed by atoms with Crippen LogP contribution in [0.4, 0.5) is 29.1 Å². The second-order valence-corrected chi connectivity index (χ2v) is 14.3. The Hall–Kier alpha value is -5.00. The quantitative estimate of drug-likeness (QED) is 0.0869. The van der Waals surface area contributed by atoms with Crippen molar-refractivity contribution in [3.63, 3.8) is 0 Å². The second-order valence-electron chi connectivity index (χ2n) is 14.3. The second kappa shape index (κ2) is 10.5. The molecule has 1 aromatic heterocycles. The minimum Gasteiger partial charge on any atom is -0.508 e. The molecule has 10 nitrogen and oxygen atoms in total. The number of rotatable bonds is 6. The number of hydrogen-bond acceptors (Lipinski definition) is 9. The van der Waals surface area contributed by atoms with Crippen LogP contribution in [-0.2, 0) is 0 Å². The van der Waals surface area contributed by atoms with Gasteiger partial charge in [0.25, 0.3) is 11.6 Å². The third kappa shape index (κ3) is 4.49. The Morgan fingerprint density at radius 1 is 1.14 bits per heavy atom. The maximum atomic E-state index is 17.2. The zero-order valence-electron chi connectivity index (χ0n) is 26.6. The Kier molecular flexibility index (Phi) is 6.52. The lowest BCUT2D eigenvalue weighted by Gasteiger charge is -2.34. The molecule has 0 radical (unpaired) electrons. The van der Waals surface area contributed by atoms with E-state index in [-0.39, 0.29) is 88.5 Å². The molecule has 4 aliphatic heterocycles. The number of nitrogens with one attached hydrogen (secondary N) is 1. The van der Waals surface area contributed by atoms with Gasteiger partial charge in [-0.3, -0.25) is 15.0 Å². The van der Waals surface area contributed by atoms with Crippen LogP contribution in [-0.4, -0.2) is 81.2 Å². The first-order valence-electron chi connectivity index (χ1n) is 16.5. The molecule has 14 heteroatoms. The number of hydrogen-bond donors (Lipinski definition) is 2. The van der Waals surface area contributed by atoms with Crippen LogP contribution in [0, 0.1) is 39.5 Å². The Morgan fingerprint density at radius 3 is 2.60 bits per heavy atom. The lowest BCUT2D eigenvalue weighted by Crippen LogP contribution is -2.51. The van der Waals surface area contributed by atoms with Crippen molar-refractivity contribution >= 4 is 33.2 Å². The maximum Gasteiger partial charge on any atom is 0.319 e. The number of ether oxygens (including phenoxy) is 1. The number of phenolic OH excluding ortho intramolecular Hbond substituents is 1. The summed E-state index contributed by atoms with van der Waals surface area (Å²) in [7, 11) is 0. The number of anilines is 1. The van der Waals surface area contributed by atoms with Crippen LogP contribution >= 0.6 is 0 Å². The number of nitro benzene ring substituents is 1. The molecule has 4 atom stereocenters. The number of benzene rings is 3. The third-order valence-corrected chi connectivity index (χ3v) is 11.2. The number of aromatic hydroxyl groups is 1. The molecule has 1 saturated carbocycles. The Balaban J connectivity index is 1.23. The van der Waals surface area contributed by atoms with Gasteiger partial charge in [0.05, 0.1) is 32.4 Å². The van der Waals surface area contributed by atoms with Gasteiger partial charge in [0.1, 0.15) is 29.5 Å². The molecule has 3 aromatic carbocycles. The van der Waals surface area contributed by atoms with E-state index >= 15 is 4.39 Å². The van der Waals surface area contributed by atoms with Gasteiger partial charge >= 0.3 is 6.01 Å². The van der Waals surface area contributed by atoms with Crippen molar-refractivity contribution in [2.24, 2.45) is 5.41 Å². The first kappa shape index (κ1) is 31.0. The lowest BCUT2D eigenvalue weighted by atomic mass is 9.91. The lowest BCUT2D eigenvalue weighted by molar-refractivity contribution is -0.384. The van der Waals surface area contributed by atoms with E-state index in [4.69, 9.17) is 11.2 Å². The monoisotopic (exact) mass is 686 g/mol. The summed E-state index contributed by atoms with van der Waals surface area (Å²) >= 11 is 0. The van der Waals surface area contributed by atoms with Gasteiger partial charge in [0, 0.05) is 61.7 Å². The van der Waals surface area contributed by atoms with Crippen molar-refractivity contribution in [3.8, 4) is 35.2 Å². The van der Waals surface area contributed by atoms with Gasteiger partial charge in [-0.2, -0.15) is 9.97 Å². The van der Waals surface area contributed by atoms with Gasteiger partial charge in [-0.15, -0.1) is 6.42 Å². The van der Waals surface area contributed by atoms with Gasteiger partial charge in [-0.05, 0) is 42.8 Å². The topological polar surface area (TPSA) is 117 Å². The number of terminal acetylenes is 1. The average molecular weight is 687 g/mol. The predicted molar refractivity (Wildman–Crippen MR) is 176 cm³/mol. The number of alkyl halides is 2. The summed E-state index contributed by atoms with van der Waals surface area (Å²) in [6.07, 6.45) is 11.3. The van der Waals surface area contributed by atoms with Gasteiger partial charge in [-0.1, -0.05) is 24.1 Å². The van der Waals surface area contributed by atoms with Gasteiger partial charge in [0.2, 0.25) is 0 Å². The van der Waals surface area contributed by atoms with Crippen molar-refractivity contribution in [2.75, 3.05) is 37.7 Å². The molecule has 50 heavy (non-hydrogen) atoms. The molecule has 3 saturated heterocycles. The number of halogens is 4. The number of piperazine rings is 1. The van der Waals surface area contributed by atoms with Gasteiger partial charge < -0.3 is 20.1 Å². The van der Waals surface area contributed by atoms with E-state index in [0.717, 1.165) is 25.0 Å². The smallest absolute Gasteiger partial charge is 0.319 e. The summed E-state index contributed by atoms with van der Waals surface area (Å²) in [5, 5.41) is 27.1. The Bertz CT molecular complexity index is 2230. The molecule has 5 aliphatic rings. The zero-order chi connectivity index (χ0) is 34.7. The van der Waals surface area contributed by atoms with E-state index in [0.29, 0.717) is 19.6 Å². The molecule has 2 bridgehead atoms. The molecule has 1 aliphatic carbocycles. The number of nitro groups is 1. The van der Waals surface area contributed by atoms with E-state index < -0.39 is 44.7 Å². The highest BCUT2D eigenvalue weighted by Gasteiger charge is 2.76. The highest BCUT2D eigenvalue weighted by Crippen LogP contribution is 2.68. The molecule has 4 fully saturated rings. The van der Waals surface area contributed by atoms with Crippen molar-refractivity contribution in [3.05, 3.63) is 69.8 Å². The van der Waals surface area contributed by atoms with E-state index in [1.165, 1.54) is 18.2 Å². The molecule has 1 spiro atoms. The Labute approximate surface area is 282 Å². The van der Waals surface area contributed by atoms with Crippen LogP contribution in [0.1, 0.15) is 31.2 Å². The molecular formula is C36H30F4N6O4. The normalized spacial score (nSPS) is 27.7. The van der Waals surface area contributed by atoms with Crippen LogP contribution in [0.2, 0.25) is 0 Å². The summed E-state index contributed by atoms with van der Waals surface area (Å²) < 4.78 is 67.3. The van der Waals surface area contributed by atoms with Crippen LogP contribution in [0.15, 0.2) is 42.5 Å². The number of nitrogens with zero attached hydrogens (tertiary/aromatic N) is 5. The number of aromatic nitrogens is 2. The highest BCUT2D eigenvalue weighted by atomic mass is 19.3. The number of fused-ring (bicyclic) bond motifs is 5. The van der Waals surface area contributed by atoms with Gasteiger partial charge in [0.15, 0.2) is 5.82 Å². The van der Waals surface area contributed by atoms with Crippen molar-refractivity contribution in [1.29, 1.82) is 0 Å². The first-order valence-corrected chi connectivity index (χ1v) is 16.5. The van der Waals surface area contributed by atoms with E-state index in [2.05, 4.69) is 21.2 Å². The molecule has 0 amide bonds. The summed E-state index contributed by atoms with van der Waals surface area (Å²) in [5.74, 6) is -2.50. The van der Waals surface area contributed by atoms with Crippen molar-refractivity contribution in [1.82, 2.24) is 20.2 Å². The van der Waals surface area contributed by atoms with Crippen LogP contribution < -0.4 is 15.0 Å². The molecular weight excluding hydrogens is 656 g/mol. The fraction of sp³-hybridized carbons (Fsp3) is 0.389. The summed E-state index contributed by atoms with van der Waals surface area (Å²) in [6.45, 7) is 1.65. The highest BCUT2D eigenvalue weighted by molar-refractivity contribution is 6.06. The summed E-state index contributed by atoms with van der Waals surface area (Å²) in [4.78, 5) is 24.9. The SMILES string of the molecule is C#Cc1c(F)ccc2cc(O)cc(-c3c([N+](=O)[O-])cc4c(N5C[C@H]6CC[C@@H](C5)N6)nc(OC[C@]56C=CCN5C[C@@]5(CC5(F)F)C6)nc4c3F)c12. The molecule has 5 heterocycles. The van der Waals surface area contributed by atoms with Crippen molar-refractivity contribution < 1.29 is 32.3 Å². The molecule has 4 aromatic rings.